The smallest absolute Gasteiger partial charge is 0.222 e. The van der Waals surface area contributed by atoms with Gasteiger partial charge in [-0.1, -0.05) is 0 Å². The third-order valence-corrected chi connectivity index (χ3v) is 4.95. The lowest BCUT2D eigenvalue weighted by molar-refractivity contribution is -0.134. The maximum atomic E-state index is 12.5. The van der Waals surface area contributed by atoms with E-state index in [4.69, 9.17) is 4.74 Å². The third kappa shape index (κ3) is 3.33. The van der Waals surface area contributed by atoms with Crippen molar-refractivity contribution in [3.8, 4) is 0 Å². The summed E-state index contributed by atoms with van der Waals surface area (Å²) >= 11 is 0. The van der Waals surface area contributed by atoms with Crippen LogP contribution in [0.15, 0.2) is 12.4 Å². The highest BCUT2D eigenvalue weighted by molar-refractivity contribution is 5.76. The molecule has 2 aliphatic heterocycles. The van der Waals surface area contributed by atoms with E-state index in [1.807, 2.05) is 28.9 Å². The van der Waals surface area contributed by atoms with Crippen LogP contribution in [-0.2, 0) is 16.6 Å². The highest BCUT2D eigenvalue weighted by Gasteiger charge is 2.30. The number of amides is 1. The van der Waals surface area contributed by atoms with E-state index < -0.39 is 0 Å². The first-order chi connectivity index (χ1) is 10.6. The van der Waals surface area contributed by atoms with Gasteiger partial charge in [-0.15, -0.1) is 0 Å². The Hall–Kier alpha value is -1.40. The molecule has 0 aliphatic carbocycles. The Morgan fingerprint density at radius 1 is 1.41 bits per heavy atom. The first-order valence-electron chi connectivity index (χ1n) is 8.18. The summed E-state index contributed by atoms with van der Waals surface area (Å²) in [4.78, 5) is 21.3. The van der Waals surface area contributed by atoms with Crippen molar-refractivity contribution in [2.75, 3.05) is 39.9 Å². The molecule has 1 aromatic rings. The standard InChI is InChI=1S/C16H26N4O2/c1-18-8-9-20(11-14(18)16-17-6-7-19(16)2)15(21)4-3-13-5-10-22-12-13/h6-7,13-14H,3-5,8-12H2,1-2H3. The number of aromatic nitrogens is 2. The van der Waals surface area contributed by atoms with Crippen LogP contribution in [0.1, 0.15) is 31.1 Å². The number of carbonyl (C=O) groups excluding carboxylic acids is 1. The Labute approximate surface area is 132 Å². The van der Waals surface area contributed by atoms with Gasteiger partial charge in [-0.05, 0) is 25.8 Å². The number of hydrogen-bond donors (Lipinski definition) is 0. The molecule has 1 amide bonds. The van der Waals surface area contributed by atoms with Crippen molar-refractivity contribution < 1.29 is 9.53 Å². The van der Waals surface area contributed by atoms with E-state index in [9.17, 15) is 4.79 Å². The quantitative estimate of drug-likeness (QED) is 0.834. The van der Waals surface area contributed by atoms with Gasteiger partial charge in [0.05, 0.1) is 6.04 Å². The molecule has 3 heterocycles. The lowest BCUT2D eigenvalue weighted by Crippen LogP contribution is -2.49. The minimum atomic E-state index is 0.188. The zero-order chi connectivity index (χ0) is 15.5. The highest BCUT2D eigenvalue weighted by Crippen LogP contribution is 2.24. The van der Waals surface area contributed by atoms with Crippen LogP contribution in [0.5, 0.6) is 0 Å². The number of aryl methyl sites for hydroxylation is 1. The Morgan fingerprint density at radius 3 is 2.95 bits per heavy atom. The molecule has 0 N–H and O–H groups in total. The molecule has 2 fully saturated rings. The van der Waals surface area contributed by atoms with Gasteiger partial charge >= 0.3 is 0 Å². The summed E-state index contributed by atoms with van der Waals surface area (Å²) in [5, 5.41) is 0. The van der Waals surface area contributed by atoms with Gasteiger partial charge in [0.2, 0.25) is 5.91 Å². The largest absolute Gasteiger partial charge is 0.381 e. The van der Waals surface area contributed by atoms with Crippen LogP contribution in [-0.4, -0.2) is 65.2 Å². The van der Waals surface area contributed by atoms with Crippen LogP contribution in [0.25, 0.3) is 0 Å². The Kier molecular flexibility index (Phi) is 4.78. The molecule has 1 aromatic heterocycles. The Bertz CT molecular complexity index is 510. The first kappa shape index (κ1) is 15.5. The number of piperazine rings is 1. The lowest BCUT2D eigenvalue weighted by Gasteiger charge is -2.39. The summed E-state index contributed by atoms with van der Waals surface area (Å²) in [5.74, 6) is 1.88. The summed E-state index contributed by atoms with van der Waals surface area (Å²) < 4.78 is 7.43. The van der Waals surface area contributed by atoms with Crippen molar-refractivity contribution in [1.29, 1.82) is 0 Å². The van der Waals surface area contributed by atoms with Crippen LogP contribution in [0.2, 0.25) is 0 Å². The van der Waals surface area contributed by atoms with E-state index in [1.165, 1.54) is 0 Å². The number of carbonyl (C=O) groups is 1. The van der Waals surface area contributed by atoms with Crippen molar-refractivity contribution in [3.63, 3.8) is 0 Å². The fourth-order valence-electron chi connectivity index (χ4n) is 3.37. The molecule has 0 bridgehead atoms. The van der Waals surface area contributed by atoms with E-state index in [0.29, 0.717) is 12.3 Å². The second-order valence-electron chi connectivity index (χ2n) is 6.50. The molecular formula is C16H26N4O2. The fraction of sp³-hybridized carbons (Fsp3) is 0.750. The number of nitrogens with zero attached hydrogens (tertiary/aromatic N) is 4. The number of imidazole rings is 1. The molecule has 0 saturated carbocycles. The number of likely N-dealkylation sites (N-methyl/N-ethyl adjacent to an activating group) is 1. The summed E-state index contributed by atoms with van der Waals surface area (Å²) in [6, 6.07) is 0.188. The van der Waals surface area contributed by atoms with E-state index in [0.717, 1.165) is 51.5 Å². The minimum Gasteiger partial charge on any atom is -0.381 e. The molecule has 6 heteroatoms. The summed E-state index contributed by atoms with van der Waals surface area (Å²) in [5.41, 5.74) is 0. The van der Waals surface area contributed by atoms with Crippen LogP contribution >= 0.6 is 0 Å². The second kappa shape index (κ2) is 6.79. The third-order valence-electron chi connectivity index (χ3n) is 4.95. The SMILES string of the molecule is CN1CCN(C(=O)CCC2CCOC2)CC1c1nccn1C. The van der Waals surface area contributed by atoms with E-state index >= 15 is 0 Å². The lowest BCUT2D eigenvalue weighted by atomic mass is 10.0. The van der Waals surface area contributed by atoms with Crippen molar-refractivity contribution in [3.05, 3.63) is 18.2 Å². The van der Waals surface area contributed by atoms with E-state index in [2.05, 4.69) is 16.9 Å². The molecule has 0 radical (unpaired) electrons. The molecule has 2 unspecified atom stereocenters. The predicted molar refractivity (Wildman–Crippen MR) is 83.3 cm³/mol. The number of ether oxygens (including phenoxy) is 1. The molecule has 2 aliphatic rings. The molecule has 2 saturated heterocycles. The summed E-state index contributed by atoms with van der Waals surface area (Å²) in [6.45, 7) is 4.13. The van der Waals surface area contributed by atoms with Crippen molar-refractivity contribution in [2.45, 2.75) is 25.3 Å². The van der Waals surface area contributed by atoms with E-state index in [-0.39, 0.29) is 11.9 Å². The summed E-state index contributed by atoms with van der Waals surface area (Å²) in [7, 11) is 4.12. The monoisotopic (exact) mass is 306 g/mol. The molecule has 2 atom stereocenters. The van der Waals surface area contributed by atoms with Crippen molar-refractivity contribution in [1.82, 2.24) is 19.4 Å². The predicted octanol–water partition coefficient (Wildman–Crippen LogP) is 1.05. The van der Waals surface area contributed by atoms with Gasteiger partial charge < -0.3 is 14.2 Å². The minimum absolute atomic E-state index is 0.188. The Balaban J connectivity index is 1.57. The van der Waals surface area contributed by atoms with Gasteiger partial charge in [-0.25, -0.2) is 4.98 Å². The molecule has 0 aromatic carbocycles. The van der Waals surface area contributed by atoms with Crippen LogP contribution in [0.4, 0.5) is 0 Å². The van der Waals surface area contributed by atoms with E-state index in [1.54, 1.807) is 0 Å². The van der Waals surface area contributed by atoms with Gasteiger partial charge in [0.1, 0.15) is 5.82 Å². The maximum Gasteiger partial charge on any atom is 0.222 e. The number of rotatable bonds is 4. The van der Waals surface area contributed by atoms with Gasteiger partial charge in [0.25, 0.3) is 0 Å². The fourth-order valence-corrected chi connectivity index (χ4v) is 3.37. The van der Waals surface area contributed by atoms with Crippen LogP contribution in [0.3, 0.4) is 0 Å². The Morgan fingerprint density at radius 2 is 2.27 bits per heavy atom. The summed E-state index contributed by atoms with van der Waals surface area (Å²) in [6.07, 6.45) is 6.49. The zero-order valence-electron chi connectivity index (χ0n) is 13.6. The highest BCUT2D eigenvalue weighted by atomic mass is 16.5. The average molecular weight is 306 g/mol. The number of hydrogen-bond acceptors (Lipinski definition) is 4. The molecule has 6 nitrogen and oxygen atoms in total. The average Bonchev–Trinajstić information content (AvgIpc) is 3.17. The molecule has 22 heavy (non-hydrogen) atoms. The van der Waals surface area contributed by atoms with Gasteiger partial charge in [0, 0.05) is 58.7 Å². The second-order valence-corrected chi connectivity index (χ2v) is 6.50. The topological polar surface area (TPSA) is 50.6 Å². The van der Waals surface area contributed by atoms with Gasteiger partial charge in [0.15, 0.2) is 0 Å². The van der Waals surface area contributed by atoms with Gasteiger partial charge in [-0.3, -0.25) is 9.69 Å². The first-order valence-corrected chi connectivity index (χ1v) is 8.18. The molecule has 3 rings (SSSR count). The van der Waals surface area contributed by atoms with Crippen molar-refractivity contribution in [2.24, 2.45) is 13.0 Å². The molecule has 122 valence electrons. The van der Waals surface area contributed by atoms with Crippen molar-refractivity contribution >= 4 is 5.91 Å². The zero-order valence-corrected chi connectivity index (χ0v) is 13.6. The maximum absolute atomic E-state index is 12.5. The molecular weight excluding hydrogens is 280 g/mol. The van der Waals surface area contributed by atoms with Crippen LogP contribution < -0.4 is 0 Å². The van der Waals surface area contributed by atoms with Crippen LogP contribution in [0, 0.1) is 5.92 Å². The van der Waals surface area contributed by atoms with Gasteiger partial charge in [-0.2, -0.15) is 0 Å². The normalized spacial score (nSPS) is 26.5. The molecule has 0 spiro atoms.